The fourth-order valence-corrected chi connectivity index (χ4v) is 3.53. The number of hydrogen-bond acceptors (Lipinski definition) is 5. The number of amides is 1. The molecule has 1 aromatic carbocycles. The van der Waals surface area contributed by atoms with Crippen molar-refractivity contribution in [2.75, 3.05) is 23.3 Å². The topological polar surface area (TPSA) is 116 Å². The number of carbonyl (C=O) groups is 1. The van der Waals surface area contributed by atoms with E-state index < -0.39 is 11.2 Å². The van der Waals surface area contributed by atoms with Crippen molar-refractivity contribution in [3.05, 3.63) is 50.7 Å². The molecule has 3 N–H and O–H groups in total. The van der Waals surface area contributed by atoms with Gasteiger partial charge >= 0.3 is 5.69 Å². The molecule has 1 amide bonds. The van der Waals surface area contributed by atoms with Crippen LogP contribution in [0.15, 0.2) is 27.8 Å². The number of nitrogens with zero attached hydrogens (tertiary/aromatic N) is 3. The smallest absolute Gasteiger partial charge is 0.329 e. The number of hydrogen-bond donors (Lipinski definition) is 3. The summed E-state index contributed by atoms with van der Waals surface area (Å²) in [6, 6.07) is 4.69. The molecule has 3 heterocycles. The van der Waals surface area contributed by atoms with Gasteiger partial charge in [0, 0.05) is 38.7 Å². The van der Waals surface area contributed by atoms with E-state index in [1.54, 1.807) is 12.1 Å². The van der Waals surface area contributed by atoms with Crippen LogP contribution in [0.1, 0.15) is 25.1 Å². The van der Waals surface area contributed by atoms with Crippen molar-refractivity contribution in [3.8, 4) is 0 Å². The zero-order valence-electron chi connectivity index (χ0n) is 15.9. The summed E-state index contributed by atoms with van der Waals surface area (Å²) in [5.41, 5.74) is 0.242. The van der Waals surface area contributed by atoms with Gasteiger partial charge in [-0.3, -0.25) is 19.1 Å². The van der Waals surface area contributed by atoms with Gasteiger partial charge in [0.1, 0.15) is 17.2 Å². The van der Waals surface area contributed by atoms with Crippen molar-refractivity contribution in [3.63, 3.8) is 0 Å². The molecule has 4 rings (SSSR count). The van der Waals surface area contributed by atoms with Gasteiger partial charge in [0.15, 0.2) is 5.65 Å². The molecule has 0 unspecified atom stereocenters. The molecular formula is C19H21FN6O3. The monoisotopic (exact) mass is 400 g/mol. The number of carbonyl (C=O) groups excluding carboxylic acids is 1. The van der Waals surface area contributed by atoms with Crippen LogP contribution in [-0.2, 0) is 18.3 Å². The number of aromatic nitrogens is 4. The summed E-state index contributed by atoms with van der Waals surface area (Å²) >= 11 is 0. The Hall–Kier alpha value is -3.43. The van der Waals surface area contributed by atoms with E-state index in [-0.39, 0.29) is 35.7 Å². The zero-order chi connectivity index (χ0) is 20.5. The molecule has 9 nitrogen and oxygen atoms in total. The Kier molecular flexibility index (Phi) is 4.91. The number of fused-ring (bicyclic) bond motifs is 1. The maximum atomic E-state index is 14.4. The minimum atomic E-state index is -0.558. The van der Waals surface area contributed by atoms with Gasteiger partial charge in [-0.25, -0.2) is 14.2 Å². The van der Waals surface area contributed by atoms with Crippen molar-refractivity contribution >= 4 is 28.4 Å². The quantitative estimate of drug-likeness (QED) is 0.596. The van der Waals surface area contributed by atoms with E-state index in [1.165, 1.54) is 17.7 Å². The fourth-order valence-electron chi connectivity index (χ4n) is 3.53. The summed E-state index contributed by atoms with van der Waals surface area (Å²) < 4.78 is 15.6. The number of H-pyrrole nitrogens is 2. The second-order valence-corrected chi connectivity index (χ2v) is 7.11. The molecule has 0 spiro atoms. The largest absolute Gasteiger partial charge is 0.369 e. The summed E-state index contributed by atoms with van der Waals surface area (Å²) in [4.78, 5) is 46.9. The van der Waals surface area contributed by atoms with Crippen LogP contribution in [0.2, 0.25) is 0 Å². The number of rotatable bonds is 5. The van der Waals surface area contributed by atoms with Crippen LogP contribution in [0, 0.1) is 5.82 Å². The van der Waals surface area contributed by atoms with Crippen molar-refractivity contribution in [1.82, 2.24) is 19.5 Å². The lowest BCUT2D eigenvalue weighted by Gasteiger charge is -2.18. The van der Waals surface area contributed by atoms with Gasteiger partial charge in [-0.05, 0) is 31.0 Å². The maximum Gasteiger partial charge on any atom is 0.329 e. The number of aryl methyl sites for hydroxylation is 2. The Morgan fingerprint density at radius 1 is 1.24 bits per heavy atom. The number of nitrogens with one attached hydrogen (secondary N) is 3. The average Bonchev–Trinajstić information content (AvgIpc) is 3.35. The molecule has 0 radical (unpaired) electrons. The molecule has 1 aliphatic heterocycles. The highest BCUT2D eigenvalue weighted by Gasteiger charge is 2.17. The maximum absolute atomic E-state index is 14.4. The van der Waals surface area contributed by atoms with Crippen LogP contribution in [0.5, 0.6) is 0 Å². The molecule has 0 aliphatic carbocycles. The van der Waals surface area contributed by atoms with E-state index in [9.17, 15) is 18.8 Å². The zero-order valence-corrected chi connectivity index (χ0v) is 15.9. The Bertz CT molecular complexity index is 1190. The van der Waals surface area contributed by atoms with Crippen LogP contribution in [-0.4, -0.2) is 38.5 Å². The van der Waals surface area contributed by atoms with Gasteiger partial charge in [-0.15, -0.1) is 0 Å². The van der Waals surface area contributed by atoms with Crippen LogP contribution in [0.25, 0.3) is 11.2 Å². The number of benzene rings is 1. The predicted octanol–water partition coefficient (Wildman–Crippen LogP) is 1.26. The van der Waals surface area contributed by atoms with Gasteiger partial charge in [0.25, 0.3) is 5.56 Å². The first-order valence-electron chi connectivity index (χ1n) is 9.44. The van der Waals surface area contributed by atoms with Crippen molar-refractivity contribution in [1.29, 1.82) is 0 Å². The highest BCUT2D eigenvalue weighted by atomic mass is 19.1. The van der Waals surface area contributed by atoms with Gasteiger partial charge in [0.2, 0.25) is 5.91 Å². The summed E-state index contributed by atoms with van der Waals surface area (Å²) in [6.45, 7) is 1.68. The Balaban J connectivity index is 1.41. The minimum absolute atomic E-state index is 0.0845. The van der Waals surface area contributed by atoms with Crippen LogP contribution in [0.4, 0.5) is 15.8 Å². The van der Waals surface area contributed by atoms with E-state index in [4.69, 9.17) is 0 Å². The summed E-state index contributed by atoms with van der Waals surface area (Å²) in [5.74, 6) is -0.249. The van der Waals surface area contributed by atoms with E-state index >= 15 is 0 Å². The first kappa shape index (κ1) is 18.9. The number of anilines is 2. The lowest BCUT2D eigenvalue weighted by molar-refractivity contribution is -0.116. The summed E-state index contributed by atoms with van der Waals surface area (Å²) in [7, 11) is 1.50. The molecule has 1 aliphatic rings. The Morgan fingerprint density at radius 3 is 2.72 bits per heavy atom. The van der Waals surface area contributed by atoms with Crippen LogP contribution < -0.4 is 21.5 Å². The Labute approximate surface area is 164 Å². The molecule has 2 aromatic heterocycles. The molecule has 152 valence electrons. The molecule has 10 heteroatoms. The molecule has 0 bridgehead atoms. The van der Waals surface area contributed by atoms with Crippen LogP contribution in [0.3, 0.4) is 0 Å². The number of imidazole rings is 1. The third-order valence-corrected chi connectivity index (χ3v) is 5.07. The fraction of sp³-hybridized carbons (Fsp3) is 0.368. The van der Waals surface area contributed by atoms with Crippen molar-refractivity contribution in [2.45, 2.75) is 25.7 Å². The van der Waals surface area contributed by atoms with Gasteiger partial charge in [-0.2, -0.15) is 0 Å². The van der Waals surface area contributed by atoms with Gasteiger partial charge < -0.3 is 15.2 Å². The second-order valence-electron chi connectivity index (χ2n) is 7.11. The average molecular weight is 400 g/mol. The van der Waals surface area contributed by atoms with E-state index in [1.807, 2.05) is 4.90 Å². The third-order valence-electron chi connectivity index (χ3n) is 5.07. The standard InChI is InChI=1S/C19H21FN6O3/c1-25-17-16(18(28)24-19(25)29)22-14(23-17)6-7-15(27)21-11-4-5-13(12(20)10-11)26-8-2-3-9-26/h4-5,10H,2-3,6-9H2,1H3,(H,21,27)(H,22,23)(H,24,28,29). The lowest BCUT2D eigenvalue weighted by atomic mass is 10.2. The van der Waals surface area contributed by atoms with E-state index in [0.29, 0.717) is 17.2 Å². The van der Waals surface area contributed by atoms with Crippen molar-refractivity contribution in [2.24, 2.45) is 7.05 Å². The van der Waals surface area contributed by atoms with E-state index in [2.05, 4.69) is 20.3 Å². The van der Waals surface area contributed by atoms with Crippen molar-refractivity contribution < 1.29 is 9.18 Å². The predicted molar refractivity (Wildman–Crippen MR) is 107 cm³/mol. The molecule has 3 aromatic rings. The molecular weight excluding hydrogens is 379 g/mol. The summed E-state index contributed by atoms with van der Waals surface area (Å²) in [5, 5.41) is 2.67. The van der Waals surface area contributed by atoms with Gasteiger partial charge in [-0.1, -0.05) is 0 Å². The Morgan fingerprint density at radius 2 is 2.00 bits per heavy atom. The first-order chi connectivity index (χ1) is 13.9. The minimum Gasteiger partial charge on any atom is -0.369 e. The van der Waals surface area contributed by atoms with E-state index in [0.717, 1.165) is 25.9 Å². The summed E-state index contributed by atoms with van der Waals surface area (Å²) in [6.07, 6.45) is 2.43. The van der Waals surface area contributed by atoms with Crippen LogP contribution >= 0.6 is 0 Å². The lowest BCUT2D eigenvalue weighted by Crippen LogP contribution is -2.28. The molecule has 0 saturated carbocycles. The number of aromatic amines is 2. The molecule has 29 heavy (non-hydrogen) atoms. The molecule has 0 atom stereocenters. The molecule has 1 saturated heterocycles. The third kappa shape index (κ3) is 3.78. The number of halogens is 1. The second kappa shape index (κ2) is 7.53. The first-order valence-corrected chi connectivity index (χ1v) is 9.44. The molecule has 1 fully saturated rings. The highest BCUT2D eigenvalue weighted by molar-refractivity contribution is 5.91. The highest BCUT2D eigenvalue weighted by Crippen LogP contribution is 2.26. The van der Waals surface area contributed by atoms with Gasteiger partial charge in [0.05, 0.1) is 5.69 Å². The normalized spacial score (nSPS) is 13.9. The SMILES string of the molecule is Cn1c(=O)[nH]c(=O)c2[nH]c(CCC(=O)Nc3ccc(N4CCCC4)c(F)c3)nc21.